The molecule has 0 bridgehead atoms. The zero-order valence-corrected chi connectivity index (χ0v) is 15.6. The summed E-state index contributed by atoms with van der Waals surface area (Å²) < 4.78 is 52.9. The molecule has 6 nitrogen and oxygen atoms in total. The molecule has 1 aromatic rings. The molecule has 3 rings (SSSR count). The highest BCUT2D eigenvalue weighted by molar-refractivity contribution is 7.93. The summed E-state index contributed by atoms with van der Waals surface area (Å²) in [6, 6.07) is 4.61. The van der Waals surface area contributed by atoms with Gasteiger partial charge in [-0.15, -0.1) is 0 Å². The first-order valence-electron chi connectivity index (χ1n) is 8.11. The van der Waals surface area contributed by atoms with Gasteiger partial charge in [0.25, 0.3) is 0 Å². The Bertz CT molecular complexity index is 818. The average molecular weight is 393 g/mol. The molecule has 1 saturated heterocycles. The molecule has 134 valence electrons. The van der Waals surface area contributed by atoms with Crippen molar-refractivity contribution in [1.82, 2.24) is 0 Å². The molecule has 9 heteroatoms. The Labute approximate surface area is 148 Å². The summed E-state index contributed by atoms with van der Waals surface area (Å²) in [6.45, 7) is 0.398. The van der Waals surface area contributed by atoms with E-state index in [1.807, 2.05) is 0 Å². The van der Waals surface area contributed by atoms with Gasteiger partial charge in [-0.05, 0) is 43.9 Å². The standard InChI is InChI=1S/C15H21ClN2O4S2/c16-14-11-12(17-24(21,22)13-5-1-2-6-13)7-8-15(14)18-9-3-4-10-23(18,19)20/h7-8,11,13,17H,1-6,9-10H2. The zero-order chi connectivity index (χ0) is 17.4. The fourth-order valence-electron chi connectivity index (χ4n) is 3.28. The minimum atomic E-state index is -3.43. The van der Waals surface area contributed by atoms with E-state index in [1.54, 1.807) is 12.1 Å². The molecular formula is C15H21ClN2O4S2. The van der Waals surface area contributed by atoms with Crippen LogP contribution in [-0.2, 0) is 20.0 Å². The fourth-order valence-corrected chi connectivity index (χ4v) is 6.84. The molecule has 0 radical (unpaired) electrons. The van der Waals surface area contributed by atoms with Crippen LogP contribution in [-0.4, -0.2) is 34.4 Å². The van der Waals surface area contributed by atoms with Gasteiger partial charge < -0.3 is 0 Å². The van der Waals surface area contributed by atoms with Gasteiger partial charge in [0.05, 0.1) is 27.4 Å². The summed E-state index contributed by atoms with van der Waals surface area (Å²) in [6.07, 6.45) is 4.64. The van der Waals surface area contributed by atoms with Gasteiger partial charge in [-0.3, -0.25) is 9.03 Å². The van der Waals surface area contributed by atoms with Crippen molar-refractivity contribution in [2.24, 2.45) is 0 Å². The van der Waals surface area contributed by atoms with Crippen LogP contribution in [0.3, 0.4) is 0 Å². The number of rotatable bonds is 4. The Balaban J connectivity index is 1.82. The Hall–Kier alpha value is -0.990. The second kappa shape index (κ2) is 6.72. The molecule has 0 unspecified atom stereocenters. The van der Waals surface area contributed by atoms with Crippen molar-refractivity contribution in [1.29, 1.82) is 0 Å². The third-order valence-corrected chi connectivity index (χ3v) is 8.59. The van der Waals surface area contributed by atoms with Crippen molar-refractivity contribution < 1.29 is 16.8 Å². The van der Waals surface area contributed by atoms with Crippen LogP contribution in [0.15, 0.2) is 18.2 Å². The maximum atomic E-state index is 12.3. The van der Waals surface area contributed by atoms with E-state index in [0.29, 0.717) is 37.2 Å². The highest BCUT2D eigenvalue weighted by atomic mass is 35.5. The largest absolute Gasteiger partial charge is 0.283 e. The highest BCUT2D eigenvalue weighted by Gasteiger charge is 2.30. The first-order valence-corrected chi connectivity index (χ1v) is 11.6. The molecule has 24 heavy (non-hydrogen) atoms. The molecular weight excluding hydrogens is 372 g/mol. The molecule has 0 aromatic heterocycles. The number of sulfonamides is 2. The minimum absolute atomic E-state index is 0.111. The molecule has 1 aliphatic heterocycles. The van der Waals surface area contributed by atoms with Crippen molar-refractivity contribution in [3.05, 3.63) is 23.2 Å². The maximum absolute atomic E-state index is 12.3. The third kappa shape index (κ3) is 3.65. The van der Waals surface area contributed by atoms with Crippen LogP contribution in [0.2, 0.25) is 5.02 Å². The maximum Gasteiger partial charge on any atom is 0.235 e. The number of halogens is 1. The Morgan fingerprint density at radius 3 is 2.46 bits per heavy atom. The molecule has 1 aliphatic carbocycles. The topological polar surface area (TPSA) is 83.6 Å². The van der Waals surface area contributed by atoms with E-state index in [1.165, 1.54) is 10.4 Å². The molecule has 0 atom stereocenters. The van der Waals surface area contributed by atoms with Gasteiger partial charge in [0.15, 0.2) is 0 Å². The van der Waals surface area contributed by atoms with E-state index in [-0.39, 0.29) is 16.0 Å². The van der Waals surface area contributed by atoms with Crippen LogP contribution in [0.5, 0.6) is 0 Å². The van der Waals surface area contributed by atoms with Crippen molar-refractivity contribution in [2.75, 3.05) is 21.3 Å². The SMILES string of the molecule is O=S(=O)(Nc1ccc(N2CCCCS2(=O)=O)c(Cl)c1)C1CCCC1. The van der Waals surface area contributed by atoms with Gasteiger partial charge in [-0.2, -0.15) is 0 Å². The van der Waals surface area contributed by atoms with E-state index in [4.69, 9.17) is 11.6 Å². The van der Waals surface area contributed by atoms with E-state index in [0.717, 1.165) is 19.3 Å². The molecule has 1 aromatic carbocycles. The van der Waals surface area contributed by atoms with Crippen molar-refractivity contribution in [3.63, 3.8) is 0 Å². The average Bonchev–Trinajstić information content (AvgIpc) is 3.03. The Kier molecular flexibility index (Phi) is 4.99. The molecule has 1 heterocycles. The van der Waals surface area contributed by atoms with Crippen LogP contribution in [0, 0.1) is 0 Å². The number of hydrogen-bond acceptors (Lipinski definition) is 4. The predicted octanol–water partition coefficient (Wildman–Crippen LogP) is 2.95. The predicted molar refractivity (Wildman–Crippen MR) is 96.6 cm³/mol. The lowest BCUT2D eigenvalue weighted by Crippen LogP contribution is -2.38. The van der Waals surface area contributed by atoms with Crippen LogP contribution in [0.4, 0.5) is 11.4 Å². The molecule has 2 fully saturated rings. The van der Waals surface area contributed by atoms with Crippen LogP contribution in [0.1, 0.15) is 38.5 Å². The summed E-state index contributed by atoms with van der Waals surface area (Å²) >= 11 is 6.24. The van der Waals surface area contributed by atoms with E-state index >= 15 is 0 Å². The van der Waals surface area contributed by atoms with Crippen LogP contribution in [0.25, 0.3) is 0 Å². The number of nitrogens with one attached hydrogen (secondary N) is 1. The second-order valence-electron chi connectivity index (χ2n) is 6.31. The van der Waals surface area contributed by atoms with Crippen molar-refractivity contribution in [2.45, 2.75) is 43.8 Å². The zero-order valence-electron chi connectivity index (χ0n) is 13.2. The Morgan fingerprint density at radius 1 is 1.12 bits per heavy atom. The van der Waals surface area contributed by atoms with E-state index in [9.17, 15) is 16.8 Å². The van der Waals surface area contributed by atoms with Gasteiger partial charge >= 0.3 is 0 Å². The molecule has 1 N–H and O–H groups in total. The van der Waals surface area contributed by atoms with Crippen molar-refractivity contribution in [3.8, 4) is 0 Å². The lowest BCUT2D eigenvalue weighted by molar-refractivity contribution is 0.574. The summed E-state index contributed by atoms with van der Waals surface area (Å²) in [7, 11) is -6.78. The first-order chi connectivity index (χ1) is 11.3. The second-order valence-corrected chi connectivity index (χ2v) is 10.7. The molecule has 2 aliphatic rings. The summed E-state index contributed by atoms with van der Waals surface area (Å²) in [5.41, 5.74) is 0.769. The first kappa shape index (κ1) is 17.8. The molecule has 0 amide bonds. The lowest BCUT2D eigenvalue weighted by Gasteiger charge is -2.29. The number of nitrogens with zero attached hydrogens (tertiary/aromatic N) is 1. The van der Waals surface area contributed by atoms with Gasteiger partial charge in [0.2, 0.25) is 20.0 Å². The van der Waals surface area contributed by atoms with Crippen LogP contribution >= 0.6 is 11.6 Å². The van der Waals surface area contributed by atoms with Crippen molar-refractivity contribution >= 4 is 43.0 Å². The smallest absolute Gasteiger partial charge is 0.235 e. The van der Waals surface area contributed by atoms with Gasteiger partial charge in [0.1, 0.15) is 0 Å². The highest BCUT2D eigenvalue weighted by Crippen LogP contribution is 2.34. The van der Waals surface area contributed by atoms with Crippen LogP contribution < -0.4 is 9.03 Å². The summed E-state index contributed by atoms with van der Waals surface area (Å²) in [4.78, 5) is 0. The van der Waals surface area contributed by atoms with Gasteiger partial charge in [-0.25, -0.2) is 16.8 Å². The minimum Gasteiger partial charge on any atom is -0.283 e. The monoisotopic (exact) mass is 392 g/mol. The third-order valence-electron chi connectivity index (χ3n) is 4.57. The normalized spacial score (nSPS) is 21.8. The van der Waals surface area contributed by atoms with Gasteiger partial charge in [-0.1, -0.05) is 24.4 Å². The fraction of sp³-hybridized carbons (Fsp3) is 0.600. The van der Waals surface area contributed by atoms with E-state index in [2.05, 4.69) is 4.72 Å². The van der Waals surface area contributed by atoms with Gasteiger partial charge in [0, 0.05) is 6.54 Å². The summed E-state index contributed by atoms with van der Waals surface area (Å²) in [5, 5.41) is -0.134. The molecule has 0 spiro atoms. The van der Waals surface area contributed by atoms with E-state index < -0.39 is 20.0 Å². The summed E-state index contributed by atoms with van der Waals surface area (Å²) in [5.74, 6) is 0.111. The number of benzene rings is 1. The lowest BCUT2D eigenvalue weighted by atomic mass is 10.2. The number of anilines is 2. The number of hydrogen-bond donors (Lipinski definition) is 1. The molecule has 1 saturated carbocycles. The quantitative estimate of drug-likeness (QED) is 0.853. The Morgan fingerprint density at radius 2 is 1.83 bits per heavy atom.